The highest BCUT2D eigenvalue weighted by Crippen LogP contribution is 2.30. The van der Waals surface area contributed by atoms with Gasteiger partial charge in [0.2, 0.25) is 5.91 Å². The molecular weight excluding hydrogens is 348 g/mol. The first kappa shape index (κ1) is 19.0. The monoisotopic (exact) mass is 372 g/mol. The van der Waals surface area contributed by atoms with E-state index in [0.717, 1.165) is 29.6 Å². The lowest BCUT2D eigenvalue weighted by Crippen LogP contribution is -2.54. The standard InChI is InChI=1S/C19H24N4O4/c1-22(17(24)3-4-18(25)26)12-19(27)7-2-10-23(13-19)16-6-9-21-15-5-8-20-11-14(15)16/h5-6,8-9,11,27H,2-4,7,10,12-13H2,1H3,(H,25,26)/t19-/m0/s1. The minimum absolute atomic E-state index is 0.0632. The van der Waals surface area contributed by atoms with Crippen molar-refractivity contribution in [1.82, 2.24) is 14.9 Å². The van der Waals surface area contributed by atoms with Gasteiger partial charge in [0.05, 0.1) is 24.1 Å². The van der Waals surface area contributed by atoms with Crippen LogP contribution in [0.25, 0.3) is 10.9 Å². The van der Waals surface area contributed by atoms with Crippen LogP contribution < -0.4 is 4.90 Å². The number of nitrogens with zero attached hydrogens (tertiary/aromatic N) is 4. The lowest BCUT2D eigenvalue weighted by atomic mass is 9.91. The van der Waals surface area contributed by atoms with E-state index in [9.17, 15) is 14.7 Å². The van der Waals surface area contributed by atoms with Crippen molar-refractivity contribution in [2.24, 2.45) is 0 Å². The molecule has 1 atom stereocenters. The molecule has 2 aromatic rings. The second-order valence-corrected chi connectivity index (χ2v) is 7.12. The lowest BCUT2D eigenvalue weighted by Gasteiger charge is -2.42. The van der Waals surface area contributed by atoms with E-state index in [2.05, 4.69) is 14.9 Å². The van der Waals surface area contributed by atoms with Gasteiger partial charge >= 0.3 is 5.97 Å². The van der Waals surface area contributed by atoms with Crippen LogP contribution in [-0.2, 0) is 9.59 Å². The highest BCUT2D eigenvalue weighted by atomic mass is 16.4. The summed E-state index contributed by atoms with van der Waals surface area (Å²) in [6.45, 7) is 1.35. The quantitative estimate of drug-likeness (QED) is 0.787. The Morgan fingerprint density at radius 1 is 1.30 bits per heavy atom. The molecule has 3 rings (SSSR count). The Morgan fingerprint density at radius 3 is 2.89 bits per heavy atom. The highest BCUT2D eigenvalue weighted by molar-refractivity contribution is 5.90. The molecule has 1 saturated heterocycles. The fraction of sp³-hybridized carbons (Fsp3) is 0.474. The Kier molecular flexibility index (Phi) is 5.55. The van der Waals surface area contributed by atoms with Crippen molar-refractivity contribution in [1.29, 1.82) is 0 Å². The molecule has 0 bridgehead atoms. The van der Waals surface area contributed by atoms with Crippen molar-refractivity contribution >= 4 is 28.5 Å². The molecule has 8 nitrogen and oxygen atoms in total. The summed E-state index contributed by atoms with van der Waals surface area (Å²) in [5, 5.41) is 20.7. The van der Waals surface area contributed by atoms with E-state index in [1.807, 2.05) is 12.1 Å². The molecule has 0 aliphatic carbocycles. The maximum atomic E-state index is 12.1. The Morgan fingerprint density at radius 2 is 2.11 bits per heavy atom. The molecule has 8 heteroatoms. The van der Waals surface area contributed by atoms with Crippen LogP contribution in [0.1, 0.15) is 25.7 Å². The number of carbonyl (C=O) groups excluding carboxylic acids is 1. The molecular formula is C19H24N4O4. The van der Waals surface area contributed by atoms with Gasteiger partial charge in [-0.2, -0.15) is 0 Å². The zero-order valence-electron chi connectivity index (χ0n) is 15.3. The highest BCUT2D eigenvalue weighted by Gasteiger charge is 2.36. The zero-order chi connectivity index (χ0) is 19.4. The molecule has 0 unspecified atom stereocenters. The number of likely N-dealkylation sites (N-methyl/N-ethyl adjacent to an activating group) is 1. The summed E-state index contributed by atoms with van der Waals surface area (Å²) in [4.78, 5) is 34.8. The van der Waals surface area contributed by atoms with Gasteiger partial charge in [-0.15, -0.1) is 0 Å². The number of piperidine rings is 1. The molecule has 144 valence electrons. The predicted molar refractivity (Wildman–Crippen MR) is 100 cm³/mol. The van der Waals surface area contributed by atoms with E-state index < -0.39 is 11.6 Å². The second kappa shape index (κ2) is 7.87. The molecule has 2 N–H and O–H groups in total. The molecule has 0 spiro atoms. The van der Waals surface area contributed by atoms with Gasteiger partial charge in [0, 0.05) is 56.2 Å². The normalized spacial score (nSPS) is 19.9. The van der Waals surface area contributed by atoms with Crippen LogP contribution >= 0.6 is 0 Å². The van der Waals surface area contributed by atoms with Gasteiger partial charge in [0.1, 0.15) is 0 Å². The van der Waals surface area contributed by atoms with Crippen LogP contribution in [0.2, 0.25) is 0 Å². The number of carbonyl (C=O) groups is 2. The van der Waals surface area contributed by atoms with Crippen molar-refractivity contribution in [3.05, 3.63) is 30.7 Å². The van der Waals surface area contributed by atoms with Crippen molar-refractivity contribution < 1.29 is 19.8 Å². The smallest absolute Gasteiger partial charge is 0.303 e. The first-order valence-electron chi connectivity index (χ1n) is 9.00. The van der Waals surface area contributed by atoms with Gasteiger partial charge < -0.3 is 20.0 Å². The number of hydrogen-bond acceptors (Lipinski definition) is 6. The number of carboxylic acid groups (broad SMARTS) is 1. The van der Waals surface area contributed by atoms with E-state index in [1.165, 1.54) is 4.90 Å². The van der Waals surface area contributed by atoms with Crippen molar-refractivity contribution in [3.63, 3.8) is 0 Å². The molecule has 1 aliphatic heterocycles. The van der Waals surface area contributed by atoms with Gasteiger partial charge in [-0.1, -0.05) is 0 Å². The molecule has 1 amide bonds. The van der Waals surface area contributed by atoms with E-state index in [4.69, 9.17) is 5.11 Å². The van der Waals surface area contributed by atoms with Crippen LogP contribution in [0.4, 0.5) is 5.69 Å². The fourth-order valence-electron chi connectivity index (χ4n) is 3.63. The predicted octanol–water partition coefficient (Wildman–Crippen LogP) is 1.28. The fourth-order valence-corrected chi connectivity index (χ4v) is 3.63. The summed E-state index contributed by atoms with van der Waals surface area (Å²) in [6, 6.07) is 3.77. The molecule has 27 heavy (non-hydrogen) atoms. The van der Waals surface area contributed by atoms with Gasteiger partial charge in [0.15, 0.2) is 0 Å². The first-order chi connectivity index (χ1) is 12.9. The van der Waals surface area contributed by atoms with Gasteiger partial charge in [0.25, 0.3) is 0 Å². The molecule has 2 aromatic heterocycles. The Labute approximate surface area is 157 Å². The summed E-state index contributed by atoms with van der Waals surface area (Å²) in [5.41, 5.74) is 0.757. The summed E-state index contributed by atoms with van der Waals surface area (Å²) in [5.74, 6) is -1.28. The van der Waals surface area contributed by atoms with Gasteiger partial charge in [-0.25, -0.2) is 0 Å². The van der Waals surface area contributed by atoms with Crippen LogP contribution in [0.15, 0.2) is 30.7 Å². The number of hydrogen-bond donors (Lipinski definition) is 2. The molecule has 0 aromatic carbocycles. The Balaban J connectivity index is 1.72. The first-order valence-corrected chi connectivity index (χ1v) is 9.00. The van der Waals surface area contributed by atoms with Crippen LogP contribution in [0.3, 0.4) is 0 Å². The second-order valence-electron chi connectivity index (χ2n) is 7.12. The summed E-state index contributed by atoms with van der Waals surface area (Å²) in [6.07, 6.45) is 6.32. The number of β-amino-alcohol motifs (C(OH)–C–C–N with tert-alkyl or cyclic N) is 1. The summed E-state index contributed by atoms with van der Waals surface area (Å²) < 4.78 is 0. The number of aromatic nitrogens is 2. The lowest BCUT2D eigenvalue weighted by molar-refractivity contribution is -0.141. The zero-order valence-corrected chi connectivity index (χ0v) is 15.3. The number of carboxylic acids is 1. The minimum atomic E-state index is -1.05. The van der Waals surface area contributed by atoms with Gasteiger partial charge in [-0.3, -0.25) is 19.6 Å². The third-order valence-corrected chi connectivity index (χ3v) is 4.93. The molecule has 0 saturated carbocycles. The van der Waals surface area contributed by atoms with Gasteiger partial charge in [-0.05, 0) is 25.0 Å². The topological polar surface area (TPSA) is 107 Å². The molecule has 3 heterocycles. The Hall–Kier alpha value is -2.74. The maximum absolute atomic E-state index is 12.1. The molecule has 0 radical (unpaired) electrons. The number of aliphatic carboxylic acids is 1. The third kappa shape index (κ3) is 4.51. The third-order valence-electron chi connectivity index (χ3n) is 4.93. The number of pyridine rings is 2. The van der Waals surface area contributed by atoms with E-state index >= 15 is 0 Å². The number of anilines is 1. The molecule has 1 fully saturated rings. The number of amides is 1. The van der Waals surface area contributed by atoms with Crippen molar-refractivity contribution in [2.45, 2.75) is 31.3 Å². The number of fused-ring (bicyclic) bond motifs is 1. The van der Waals surface area contributed by atoms with Crippen LogP contribution in [0.5, 0.6) is 0 Å². The average Bonchev–Trinajstić information content (AvgIpc) is 2.65. The summed E-state index contributed by atoms with van der Waals surface area (Å²) >= 11 is 0. The van der Waals surface area contributed by atoms with Crippen LogP contribution in [0, 0.1) is 0 Å². The van der Waals surface area contributed by atoms with Crippen molar-refractivity contribution in [2.75, 3.05) is 31.6 Å². The molecule has 1 aliphatic rings. The SMILES string of the molecule is CN(C[C@@]1(O)CCCN(c2ccnc3ccncc23)C1)C(=O)CCC(=O)O. The largest absolute Gasteiger partial charge is 0.481 e. The van der Waals surface area contributed by atoms with E-state index in [-0.39, 0.29) is 25.3 Å². The van der Waals surface area contributed by atoms with E-state index in [1.54, 1.807) is 25.6 Å². The van der Waals surface area contributed by atoms with E-state index in [0.29, 0.717) is 13.0 Å². The summed E-state index contributed by atoms with van der Waals surface area (Å²) in [7, 11) is 1.60. The van der Waals surface area contributed by atoms with Crippen molar-refractivity contribution in [3.8, 4) is 0 Å². The maximum Gasteiger partial charge on any atom is 0.303 e. The minimum Gasteiger partial charge on any atom is -0.481 e. The number of rotatable bonds is 6. The average molecular weight is 372 g/mol. The van der Waals surface area contributed by atoms with Crippen LogP contribution in [-0.4, -0.2) is 69.2 Å². The Bertz CT molecular complexity index is 838. The number of aliphatic hydroxyl groups is 1.